The molecule has 0 radical (unpaired) electrons. The van der Waals surface area contributed by atoms with Crippen LogP contribution in [0.25, 0.3) is 0 Å². The van der Waals surface area contributed by atoms with E-state index in [1.54, 1.807) is 11.3 Å². The molecule has 0 amide bonds. The van der Waals surface area contributed by atoms with Crippen molar-refractivity contribution in [3.05, 3.63) is 11.1 Å². The Morgan fingerprint density at radius 2 is 2.46 bits per heavy atom. The first-order chi connectivity index (χ1) is 6.27. The van der Waals surface area contributed by atoms with E-state index in [4.69, 9.17) is 5.73 Å². The zero-order chi connectivity index (χ0) is 9.68. The van der Waals surface area contributed by atoms with Crippen molar-refractivity contribution in [2.24, 2.45) is 5.73 Å². The van der Waals surface area contributed by atoms with E-state index in [2.05, 4.69) is 17.2 Å². The van der Waals surface area contributed by atoms with E-state index in [9.17, 15) is 0 Å². The summed E-state index contributed by atoms with van der Waals surface area (Å²) in [5.41, 5.74) is 6.98. The van der Waals surface area contributed by atoms with Gasteiger partial charge in [-0.1, -0.05) is 19.8 Å². The van der Waals surface area contributed by atoms with Gasteiger partial charge in [-0.2, -0.15) is 0 Å². The van der Waals surface area contributed by atoms with E-state index in [-0.39, 0.29) is 6.04 Å². The van der Waals surface area contributed by atoms with Gasteiger partial charge in [-0.3, -0.25) is 0 Å². The van der Waals surface area contributed by atoms with Gasteiger partial charge in [0.25, 0.3) is 0 Å². The molecule has 1 aromatic heterocycles. The molecule has 0 saturated carbocycles. The van der Waals surface area contributed by atoms with Crippen LogP contribution in [-0.2, 0) is 0 Å². The highest BCUT2D eigenvalue weighted by atomic mass is 32.1. The summed E-state index contributed by atoms with van der Waals surface area (Å²) in [5, 5.41) is 5.99. The summed E-state index contributed by atoms with van der Waals surface area (Å²) in [5.74, 6) is 0. The van der Waals surface area contributed by atoms with Crippen LogP contribution in [0.5, 0.6) is 0 Å². The van der Waals surface area contributed by atoms with E-state index in [0.29, 0.717) is 0 Å². The molecule has 0 aromatic carbocycles. The van der Waals surface area contributed by atoms with Crippen molar-refractivity contribution in [2.75, 3.05) is 12.4 Å². The minimum Gasteiger partial charge on any atom is -0.365 e. The topological polar surface area (TPSA) is 50.9 Å². The van der Waals surface area contributed by atoms with Crippen molar-refractivity contribution < 1.29 is 0 Å². The molecule has 0 aliphatic carbocycles. The van der Waals surface area contributed by atoms with Gasteiger partial charge in [0.15, 0.2) is 5.13 Å². The molecule has 1 aromatic rings. The summed E-state index contributed by atoms with van der Waals surface area (Å²) in [7, 11) is 1.88. The standard InChI is InChI=1S/C9H17N3S/c1-3-4-5-7(10)8-6-13-9(11-2)12-8/h6-7H,3-5,10H2,1-2H3,(H,11,12). The zero-order valence-corrected chi connectivity index (χ0v) is 9.03. The van der Waals surface area contributed by atoms with Crippen LogP contribution in [0.2, 0.25) is 0 Å². The highest BCUT2D eigenvalue weighted by Gasteiger charge is 2.08. The Bertz CT molecular complexity index is 247. The fourth-order valence-corrected chi connectivity index (χ4v) is 1.88. The van der Waals surface area contributed by atoms with Gasteiger partial charge >= 0.3 is 0 Å². The lowest BCUT2D eigenvalue weighted by atomic mass is 10.1. The summed E-state index contributed by atoms with van der Waals surface area (Å²) in [6.45, 7) is 2.17. The van der Waals surface area contributed by atoms with E-state index in [1.807, 2.05) is 12.4 Å². The fraction of sp³-hybridized carbons (Fsp3) is 0.667. The summed E-state index contributed by atoms with van der Waals surface area (Å²) in [6, 6.07) is 0.110. The maximum Gasteiger partial charge on any atom is 0.182 e. The van der Waals surface area contributed by atoms with Gasteiger partial charge in [0, 0.05) is 18.5 Å². The maximum atomic E-state index is 5.97. The Balaban J connectivity index is 2.50. The quantitative estimate of drug-likeness (QED) is 0.765. The Morgan fingerprint density at radius 3 is 3.00 bits per heavy atom. The molecule has 0 spiro atoms. The van der Waals surface area contributed by atoms with Crippen LogP contribution in [-0.4, -0.2) is 12.0 Å². The van der Waals surface area contributed by atoms with Gasteiger partial charge in [-0.05, 0) is 6.42 Å². The monoisotopic (exact) mass is 199 g/mol. The van der Waals surface area contributed by atoms with Crippen LogP contribution in [0.3, 0.4) is 0 Å². The van der Waals surface area contributed by atoms with Gasteiger partial charge in [0.2, 0.25) is 0 Å². The third-order valence-corrected chi connectivity index (χ3v) is 2.86. The second kappa shape index (κ2) is 5.19. The number of nitrogens with one attached hydrogen (secondary N) is 1. The van der Waals surface area contributed by atoms with Crippen molar-refractivity contribution in [2.45, 2.75) is 32.2 Å². The number of nitrogens with zero attached hydrogens (tertiary/aromatic N) is 1. The molecule has 13 heavy (non-hydrogen) atoms. The summed E-state index contributed by atoms with van der Waals surface area (Å²) < 4.78 is 0. The van der Waals surface area contributed by atoms with Crippen LogP contribution in [0.4, 0.5) is 5.13 Å². The second-order valence-electron chi connectivity index (χ2n) is 3.08. The van der Waals surface area contributed by atoms with Gasteiger partial charge in [-0.15, -0.1) is 11.3 Å². The lowest BCUT2D eigenvalue weighted by Gasteiger charge is -2.06. The molecule has 1 atom stereocenters. The molecule has 0 saturated heterocycles. The molecule has 1 unspecified atom stereocenters. The molecule has 0 bridgehead atoms. The average Bonchev–Trinajstić information content (AvgIpc) is 2.62. The third-order valence-electron chi connectivity index (χ3n) is 1.98. The van der Waals surface area contributed by atoms with Crippen LogP contribution in [0.15, 0.2) is 5.38 Å². The Morgan fingerprint density at radius 1 is 1.69 bits per heavy atom. The summed E-state index contributed by atoms with van der Waals surface area (Å²) >= 11 is 1.61. The number of nitrogens with two attached hydrogens (primary N) is 1. The van der Waals surface area contributed by atoms with Crippen LogP contribution in [0, 0.1) is 0 Å². The normalized spacial score (nSPS) is 12.8. The minimum atomic E-state index is 0.110. The van der Waals surface area contributed by atoms with E-state index in [1.165, 1.54) is 12.8 Å². The maximum absolute atomic E-state index is 5.97. The number of unbranched alkanes of at least 4 members (excludes halogenated alkanes) is 1. The molecule has 1 rings (SSSR count). The van der Waals surface area contributed by atoms with Crippen molar-refractivity contribution in [1.29, 1.82) is 0 Å². The Labute approximate surface area is 83.4 Å². The highest BCUT2D eigenvalue weighted by molar-refractivity contribution is 7.13. The molecule has 0 aliphatic rings. The molecule has 3 N–H and O–H groups in total. The predicted molar refractivity (Wildman–Crippen MR) is 58.1 cm³/mol. The van der Waals surface area contributed by atoms with Crippen molar-refractivity contribution >= 4 is 16.5 Å². The number of anilines is 1. The van der Waals surface area contributed by atoms with Crippen molar-refractivity contribution in [3.8, 4) is 0 Å². The van der Waals surface area contributed by atoms with Gasteiger partial charge < -0.3 is 11.1 Å². The molecule has 4 heteroatoms. The van der Waals surface area contributed by atoms with E-state index < -0.39 is 0 Å². The number of rotatable bonds is 5. The van der Waals surface area contributed by atoms with Crippen LogP contribution < -0.4 is 11.1 Å². The lowest BCUT2D eigenvalue weighted by Crippen LogP contribution is -2.10. The Kier molecular flexibility index (Phi) is 4.18. The largest absolute Gasteiger partial charge is 0.365 e. The first-order valence-electron chi connectivity index (χ1n) is 4.66. The number of hydrogen-bond acceptors (Lipinski definition) is 4. The lowest BCUT2D eigenvalue weighted by molar-refractivity contribution is 0.593. The average molecular weight is 199 g/mol. The molecular formula is C9H17N3S. The number of hydrogen-bond donors (Lipinski definition) is 2. The summed E-state index contributed by atoms with van der Waals surface area (Å²) in [6.07, 6.45) is 3.40. The van der Waals surface area contributed by atoms with Gasteiger partial charge in [0.05, 0.1) is 5.69 Å². The minimum absolute atomic E-state index is 0.110. The fourth-order valence-electron chi connectivity index (χ4n) is 1.14. The molecule has 3 nitrogen and oxygen atoms in total. The Hall–Kier alpha value is -0.610. The molecule has 74 valence electrons. The van der Waals surface area contributed by atoms with E-state index >= 15 is 0 Å². The SMILES string of the molecule is CCCCC(N)c1csc(NC)n1. The predicted octanol–water partition coefficient (Wildman–Crippen LogP) is 2.37. The van der Waals surface area contributed by atoms with Crippen LogP contribution in [0.1, 0.15) is 37.9 Å². The van der Waals surface area contributed by atoms with Gasteiger partial charge in [0.1, 0.15) is 0 Å². The van der Waals surface area contributed by atoms with Crippen molar-refractivity contribution in [3.63, 3.8) is 0 Å². The smallest absolute Gasteiger partial charge is 0.182 e. The third kappa shape index (κ3) is 2.97. The number of aromatic nitrogens is 1. The second-order valence-corrected chi connectivity index (χ2v) is 3.93. The molecule has 1 heterocycles. The molecule has 0 aliphatic heterocycles. The highest BCUT2D eigenvalue weighted by Crippen LogP contribution is 2.21. The summed E-state index contributed by atoms with van der Waals surface area (Å²) in [4.78, 5) is 4.36. The first kappa shape index (κ1) is 10.5. The zero-order valence-electron chi connectivity index (χ0n) is 8.21. The number of thiazole rings is 1. The van der Waals surface area contributed by atoms with Gasteiger partial charge in [-0.25, -0.2) is 4.98 Å². The molecule has 0 fully saturated rings. The molecular weight excluding hydrogens is 182 g/mol. The van der Waals surface area contributed by atoms with E-state index in [0.717, 1.165) is 17.2 Å². The van der Waals surface area contributed by atoms with Crippen molar-refractivity contribution in [1.82, 2.24) is 4.98 Å². The first-order valence-corrected chi connectivity index (χ1v) is 5.54. The van der Waals surface area contributed by atoms with Crippen LogP contribution >= 0.6 is 11.3 Å².